The molecule has 1 amide bonds. The monoisotopic (exact) mass is 334 g/mol. The molecule has 1 aromatic carbocycles. The number of amides is 1. The highest BCUT2D eigenvalue weighted by Crippen LogP contribution is 2.19. The summed E-state index contributed by atoms with van der Waals surface area (Å²) in [6.07, 6.45) is 6.27. The van der Waals surface area contributed by atoms with E-state index in [2.05, 4.69) is 15.3 Å². The molecule has 3 rings (SSSR count). The zero-order valence-electron chi connectivity index (χ0n) is 13.3. The highest BCUT2D eigenvalue weighted by molar-refractivity contribution is 5.94. The fourth-order valence-electron chi connectivity index (χ4n) is 2.57. The second-order valence-electron chi connectivity index (χ2n) is 5.53. The summed E-state index contributed by atoms with van der Waals surface area (Å²) in [5, 5.41) is 14.8. The largest absolute Gasteiger partial charge is 0.548 e. The van der Waals surface area contributed by atoms with Gasteiger partial charge in [-0.15, -0.1) is 0 Å². The van der Waals surface area contributed by atoms with Gasteiger partial charge in [-0.05, 0) is 29.8 Å². The molecule has 6 nitrogen and oxygen atoms in total. The molecule has 0 bridgehead atoms. The Hall–Kier alpha value is -3.41. The Morgan fingerprint density at radius 3 is 2.76 bits per heavy atom. The Bertz CT molecular complexity index is 916. The van der Waals surface area contributed by atoms with E-state index in [9.17, 15) is 14.7 Å². The molecule has 126 valence electrons. The van der Waals surface area contributed by atoms with Crippen molar-refractivity contribution in [1.29, 1.82) is 0 Å². The van der Waals surface area contributed by atoms with E-state index in [1.165, 1.54) is 12.2 Å². The summed E-state index contributed by atoms with van der Waals surface area (Å²) in [6, 6.07) is 11.8. The third-order valence-corrected chi connectivity index (χ3v) is 3.79. The fraction of sp³-hybridized carbons (Fsp3) is 0.105. The lowest BCUT2D eigenvalue weighted by Gasteiger charge is -2.18. The molecule has 6 heteroatoms. The lowest BCUT2D eigenvalue weighted by molar-refractivity contribution is -0.308. The van der Waals surface area contributed by atoms with Gasteiger partial charge in [-0.1, -0.05) is 24.3 Å². The van der Waals surface area contributed by atoms with Crippen molar-refractivity contribution in [3.05, 3.63) is 72.2 Å². The first kappa shape index (κ1) is 16.4. The summed E-state index contributed by atoms with van der Waals surface area (Å²) in [6.45, 7) is 0. The number of aromatic amines is 1. The maximum Gasteiger partial charge on any atom is 0.244 e. The number of benzene rings is 1. The molecule has 3 aromatic rings. The first-order chi connectivity index (χ1) is 12.1. The van der Waals surface area contributed by atoms with Gasteiger partial charge in [0.2, 0.25) is 5.91 Å². The predicted molar refractivity (Wildman–Crippen MR) is 92.2 cm³/mol. The number of carboxylic acids is 1. The molecule has 0 radical (unpaired) electrons. The van der Waals surface area contributed by atoms with Crippen molar-refractivity contribution in [2.24, 2.45) is 0 Å². The molecule has 0 aliphatic rings. The Labute approximate surface area is 144 Å². The van der Waals surface area contributed by atoms with Gasteiger partial charge >= 0.3 is 0 Å². The van der Waals surface area contributed by atoms with Gasteiger partial charge in [0.15, 0.2) is 0 Å². The van der Waals surface area contributed by atoms with Crippen molar-refractivity contribution in [2.45, 2.75) is 12.5 Å². The van der Waals surface area contributed by atoms with E-state index in [1.807, 2.05) is 24.3 Å². The van der Waals surface area contributed by atoms with E-state index in [4.69, 9.17) is 0 Å². The summed E-state index contributed by atoms with van der Waals surface area (Å²) in [5.41, 5.74) is 2.33. The zero-order chi connectivity index (χ0) is 17.6. The molecule has 0 spiro atoms. The number of hydrogen-bond donors (Lipinski definition) is 2. The number of carbonyl (C=O) groups excluding carboxylic acids is 2. The average molecular weight is 334 g/mol. The number of hydrogen-bond acceptors (Lipinski definition) is 4. The lowest BCUT2D eigenvalue weighted by atomic mass is 10.0. The van der Waals surface area contributed by atoms with Crippen molar-refractivity contribution in [2.75, 3.05) is 0 Å². The topological polar surface area (TPSA) is 97.9 Å². The van der Waals surface area contributed by atoms with E-state index in [-0.39, 0.29) is 6.42 Å². The van der Waals surface area contributed by atoms with Crippen molar-refractivity contribution in [1.82, 2.24) is 15.3 Å². The van der Waals surface area contributed by atoms with Crippen LogP contribution in [-0.2, 0) is 16.0 Å². The van der Waals surface area contributed by atoms with Crippen LogP contribution in [0.2, 0.25) is 0 Å². The summed E-state index contributed by atoms with van der Waals surface area (Å²) in [7, 11) is 0. The number of rotatable bonds is 6. The van der Waals surface area contributed by atoms with E-state index >= 15 is 0 Å². The molecule has 2 heterocycles. The number of pyridine rings is 1. The van der Waals surface area contributed by atoms with Crippen LogP contribution in [0.15, 0.2) is 60.9 Å². The molecule has 0 unspecified atom stereocenters. The van der Waals surface area contributed by atoms with Gasteiger partial charge in [0.05, 0.1) is 17.7 Å². The van der Waals surface area contributed by atoms with Crippen LogP contribution in [0.5, 0.6) is 0 Å². The molecule has 0 saturated carbocycles. The number of para-hydroxylation sites is 1. The van der Waals surface area contributed by atoms with E-state index in [1.54, 1.807) is 30.6 Å². The van der Waals surface area contributed by atoms with Gasteiger partial charge in [0.1, 0.15) is 0 Å². The second kappa shape index (κ2) is 7.44. The van der Waals surface area contributed by atoms with Crippen LogP contribution in [-0.4, -0.2) is 27.9 Å². The molecule has 0 aliphatic heterocycles. The normalized spacial score (nSPS) is 12.3. The average Bonchev–Trinajstić information content (AvgIpc) is 3.03. The van der Waals surface area contributed by atoms with Gasteiger partial charge in [-0.2, -0.15) is 0 Å². The third-order valence-electron chi connectivity index (χ3n) is 3.79. The van der Waals surface area contributed by atoms with Gasteiger partial charge in [0, 0.05) is 35.8 Å². The maximum absolute atomic E-state index is 12.0. The van der Waals surface area contributed by atoms with Gasteiger partial charge < -0.3 is 20.2 Å². The van der Waals surface area contributed by atoms with Crippen LogP contribution in [0.25, 0.3) is 17.0 Å². The molecule has 2 aromatic heterocycles. The van der Waals surface area contributed by atoms with E-state index in [0.29, 0.717) is 5.69 Å². The van der Waals surface area contributed by atoms with Crippen molar-refractivity contribution in [3.63, 3.8) is 0 Å². The Morgan fingerprint density at radius 2 is 2.00 bits per heavy atom. The van der Waals surface area contributed by atoms with Crippen LogP contribution in [0.1, 0.15) is 11.3 Å². The molecule has 0 aliphatic carbocycles. The van der Waals surface area contributed by atoms with Gasteiger partial charge in [-0.25, -0.2) is 0 Å². The van der Waals surface area contributed by atoms with Crippen LogP contribution >= 0.6 is 0 Å². The molecule has 25 heavy (non-hydrogen) atoms. The Morgan fingerprint density at radius 1 is 1.20 bits per heavy atom. The number of nitrogens with zero attached hydrogens (tertiary/aromatic N) is 1. The minimum Gasteiger partial charge on any atom is -0.548 e. The second-order valence-corrected chi connectivity index (χ2v) is 5.53. The van der Waals surface area contributed by atoms with Gasteiger partial charge in [-0.3, -0.25) is 9.78 Å². The van der Waals surface area contributed by atoms with E-state index in [0.717, 1.165) is 16.5 Å². The van der Waals surface area contributed by atoms with Crippen molar-refractivity contribution in [3.8, 4) is 0 Å². The minimum absolute atomic E-state index is 0.134. The standard InChI is InChI=1S/C19H17N3O3/c23-18(9-8-14-5-3-4-10-20-14)22-17(19(24)25)11-13-12-21-16-7-2-1-6-15(13)16/h1-10,12,17,21H,11H2,(H,22,23)(H,24,25)/p-1/b9-8+/t17-/m1/s1. The molecule has 0 saturated heterocycles. The highest BCUT2D eigenvalue weighted by Gasteiger charge is 2.15. The maximum atomic E-state index is 12.0. The summed E-state index contributed by atoms with van der Waals surface area (Å²) < 4.78 is 0. The number of carbonyl (C=O) groups is 2. The molecule has 2 N–H and O–H groups in total. The smallest absolute Gasteiger partial charge is 0.244 e. The zero-order valence-corrected chi connectivity index (χ0v) is 13.3. The van der Waals surface area contributed by atoms with Crippen LogP contribution < -0.4 is 10.4 Å². The number of aromatic nitrogens is 2. The quantitative estimate of drug-likeness (QED) is 0.659. The highest BCUT2D eigenvalue weighted by atomic mass is 16.4. The van der Waals surface area contributed by atoms with Gasteiger partial charge in [0.25, 0.3) is 0 Å². The third kappa shape index (κ3) is 4.11. The SMILES string of the molecule is O=C(/C=C/c1ccccn1)N[C@H](Cc1c[nH]c2ccccc12)C(=O)[O-]. The molecular weight excluding hydrogens is 318 g/mol. The first-order valence-electron chi connectivity index (χ1n) is 7.79. The number of nitrogens with one attached hydrogen (secondary N) is 2. The van der Waals surface area contributed by atoms with Crippen LogP contribution in [0.4, 0.5) is 0 Å². The summed E-state index contributed by atoms with van der Waals surface area (Å²) >= 11 is 0. The summed E-state index contributed by atoms with van der Waals surface area (Å²) in [5.74, 6) is -1.84. The number of carboxylic acid groups (broad SMARTS) is 1. The minimum atomic E-state index is -1.33. The van der Waals surface area contributed by atoms with Crippen LogP contribution in [0, 0.1) is 0 Å². The van der Waals surface area contributed by atoms with Crippen molar-refractivity contribution >= 4 is 28.9 Å². The molecule has 0 fully saturated rings. The van der Waals surface area contributed by atoms with Crippen LogP contribution in [0.3, 0.4) is 0 Å². The Balaban J connectivity index is 1.70. The number of fused-ring (bicyclic) bond motifs is 1. The first-order valence-corrected chi connectivity index (χ1v) is 7.79. The Kier molecular flexibility index (Phi) is 4.89. The predicted octanol–water partition coefficient (Wildman–Crippen LogP) is 1.05. The molecule has 1 atom stereocenters. The number of aliphatic carboxylic acids is 1. The van der Waals surface area contributed by atoms with Crippen molar-refractivity contribution < 1.29 is 14.7 Å². The fourth-order valence-corrected chi connectivity index (χ4v) is 2.57. The summed E-state index contributed by atoms with van der Waals surface area (Å²) in [4.78, 5) is 30.5. The lowest BCUT2D eigenvalue weighted by Crippen LogP contribution is -2.48. The number of H-pyrrole nitrogens is 1. The van der Waals surface area contributed by atoms with E-state index < -0.39 is 17.9 Å². The molecular formula is C19H16N3O3-.